The molecule has 1 aromatic heterocycles. The van der Waals surface area contributed by atoms with E-state index in [4.69, 9.17) is 5.21 Å². The highest BCUT2D eigenvalue weighted by molar-refractivity contribution is 5.87. The Morgan fingerprint density at radius 1 is 1.12 bits per heavy atom. The van der Waals surface area contributed by atoms with E-state index in [0.29, 0.717) is 0 Å². The Kier molecular flexibility index (Phi) is 1.96. The molecule has 0 saturated heterocycles. The number of hydrogen-bond donors (Lipinski definition) is 1. The smallest absolute Gasteiger partial charge is 0.0661 e. The summed E-state index contributed by atoms with van der Waals surface area (Å²) in [6, 6.07) is 12.1. The van der Waals surface area contributed by atoms with Gasteiger partial charge in [0.25, 0.3) is 0 Å². The maximum absolute atomic E-state index is 8.72. The van der Waals surface area contributed by atoms with Crippen molar-refractivity contribution in [2.24, 2.45) is 5.16 Å². The van der Waals surface area contributed by atoms with Crippen LogP contribution in [-0.2, 0) is 0 Å². The Morgan fingerprint density at radius 3 is 2.81 bits per heavy atom. The van der Waals surface area contributed by atoms with Gasteiger partial charge in [0.2, 0.25) is 0 Å². The molecule has 1 heterocycles. The second kappa shape index (κ2) is 3.45. The molecule has 1 aliphatic carbocycles. The highest BCUT2D eigenvalue weighted by Crippen LogP contribution is 2.42. The van der Waals surface area contributed by atoms with Crippen LogP contribution in [0.15, 0.2) is 47.8 Å². The van der Waals surface area contributed by atoms with Gasteiger partial charge in [0.05, 0.1) is 17.8 Å². The van der Waals surface area contributed by atoms with Crippen molar-refractivity contribution in [3.8, 4) is 11.1 Å². The number of rotatable bonds is 1. The molecule has 1 aromatic carbocycles. The molecule has 1 aliphatic rings. The van der Waals surface area contributed by atoms with Crippen LogP contribution >= 0.6 is 0 Å². The standard InChI is InChI=1S/C13H10N2O/c16-15-8-12-10-5-2-1-4-9(10)11-6-3-7-14-13(11)12/h1-8,12,16H. The molecule has 0 saturated carbocycles. The van der Waals surface area contributed by atoms with Crippen LogP contribution in [0.5, 0.6) is 0 Å². The number of hydrogen-bond acceptors (Lipinski definition) is 3. The van der Waals surface area contributed by atoms with Crippen molar-refractivity contribution in [2.45, 2.75) is 5.92 Å². The predicted octanol–water partition coefficient (Wildman–Crippen LogP) is 2.65. The number of benzene rings is 1. The molecule has 0 fully saturated rings. The third-order valence-corrected chi connectivity index (χ3v) is 2.93. The molecule has 0 radical (unpaired) electrons. The molecule has 0 amide bonds. The van der Waals surface area contributed by atoms with Crippen LogP contribution in [0.4, 0.5) is 0 Å². The van der Waals surface area contributed by atoms with Crippen LogP contribution in [0.2, 0.25) is 0 Å². The maximum Gasteiger partial charge on any atom is 0.0661 e. The van der Waals surface area contributed by atoms with Gasteiger partial charge in [-0.15, -0.1) is 5.16 Å². The van der Waals surface area contributed by atoms with Gasteiger partial charge in [0, 0.05) is 11.8 Å². The quantitative estimate of drug-likeness (QED) is 0.447. The van der Waals surface area contributed by atoms with Crippen LogP contribution in [0.3, 0.4) is 0 Å². The SMILES string of the molecule is ON=CC1c2ccccc2-c2cccnc21. The van der Waals surface area contributed by atoms with E-state index in [1.54, 1.807) is 6.20 Å². The third-order valence-electron chi connectivity index (χ3n) is 2.93. The van der Waals surface area contributed by atoms with Crippen molar-refractivity contribution in [1.82, 2.24) is 4.98 Å². The van der Waals surface area contributed by atoms with Crippen LogP contribution in [-0.4, -0.2) is 16.4 Å². The van der Waals surface area contributed by atoms with Gasteiger partial charge >= 0.3 is 0 Å². The fraction of sp³-hybridized carbons (Fsp3) is 0.0769. The fourth-order valence-corrected chi connectivity index (χ4v) is 2.27. The number of pyridine rings is 1. The summed E-state index contributed by atoms with van der Waals surface area (Å²) < 4.78 is 0. The maximum atomic E-state index is 8.72. The van der Waals surface area contributed by atoms with E-state index in [1.807, 2.05) is 30.3 Å². The summed E-state index contributed by atoms with van der Waals surface area (Å²) in [5, 5.41) is 11.9. The number of nitrogens with zero attached hydrogens (tertiary/aromatic N) is 2. The van der Waals surface area contributed by atoms with Crippen LogP contribution in [0.1, 0.15) is 17.2 Å². The first-order valence-corrected chi connectivity index (χ1v) is 5.13. The fourth-order valence-electron chi connectivity index (χ4n) is 2.27. The zero-order valence-electron chi connectivity index (χ0n) is 8.54. The van der Waals surface area contributed by atoms with Crippen molar-refractivity contribution >= 4 is 6.21 Å². The molecule has 16 heavy (non-hydrogen) atoms. The summed E-state index contributed by atoms with van der Waals surface area (Å²) in [5.41, 5.74) is 4.41. The van der Waals surface area contributed by atoms with E-state index in [0.717, 1.165) is 16.8 Å². The van der Waals surface area contributed by atoms with Crippen LogP contribution in [0.25, 0.3) is 11.1 Å². The van der Waals surface area contributed by atoms with E-state index >= 15 is 0 Å². The molecule has 1 unspecified atom stereocenters. The second-order valence-electron chi connectivity index (χ2n) is 3.77. The normalized spacial score (nSPS) is 17.4. The second-order valence-corrected chi connectivity index (χ2v) is 3.77. The minimum absolute atomic E-state index is 0.0302. The lowest BCUT2D eigenvalue weighted by atomic mass is 10.0. The summed E-state index contributed by atoms with van der Waals surface area (Å²) in [5.74, 6) is -0.0302. The molecule has 3 nitrogen and oxygen atoms in total. The van der Waals surface area contributed by atoms with Crippen molar-refractivity contribution in [2.75, 3.05) is 0 Å². The van der Waals surface area contributed by atoms with Gasteiger partial charge in [-0.1, -0.05) is 30.3 Å². The lowest BCUT2D eigenvalue weighted by molar-refractivity contribution is 0.320. The van der Waals surface area contributed by atoms with E-state index in [2.05, 4.69) is 16.2 Å². The van der Waals surface area contributed by atoms with E-state index < -0.39 is 0 Å². The summed E-state index contributed by atoms with van der Waals surface area (Å²) >= 11 is 0. The summed E-state index contributed by atoms with van der Waals surface area (Å²) in [4.78, 5) is 4.37. The van der Waals surface area contributed by atoms with Crippen LogP contribution in [0, 0.1) is 0 Å². The first-order chi connectivity index (χ1) is 7.92. The topological polar surface area (TPSA) is 45.5 Å². The highest BCUT2D eigenvalue weighted by Gasteiger charge is 2.28. The van der Waals surface area contributed by atoms with Gasteiger partial charge < -0.3 is 5.21 Å². The van der Waals surface area contributed by atoms with Gasteiger partial charge in [0.15, 0.2) is 0 Å². The monoisotopic (exact) mass is 210 g/mol. The number of oxime groups is 1. The summed E-state index contributed by atoms with van der Waals surface area (Å²) in [7, 11) is 0. The minimum atomic E-state index is -0.0302. The van der Waals surface area contributed by atoms with Gasteiger partial charge in [-0.05, 0) is 17.2 Å². The van der Waals surface area contributed by atoms with E-state index in [-0.39, 0.29) is 5.92 Å². The Hall–Kier alpha value is -2.16. The largest absolute Gasteiger partial charge is 0.411 e. The van der Waals surface area contributed by atoms with Gasteiger partial charge in [-0.3, -0.25) is 4.98 Å². The molecule has 1 N–H and O–H groups in total. The predicted molar refractivity (Wildman–Crippen MR) is 61.8 cm³/mol. The molecular weight excluding hydrogens is 200 g/mol. The lowest BCUT2D eigenvalue weighted by Gasteiger charge is -2.04. The first kappa shape index (κ1) is 9.09. The zero-order chi connectivity index (χ0) is 11.0. The minimum Gasteiger partial charge on any atom is -0.411 e. The molecule has 0 bridgehead atoms. The Balaban J connectivity index is 2.29. The molecular formula is C13H10N2O. The molecule has 0 spiro atoms. The molecule has 0 aliphatic heterocycles. The Labute approximate surface area is 93.1 Å². The highest BCUT2D eigenvalue weighted by atomic mass is 16.4. The third kappa shape index (κ3) is 1.15. The molecule has 1 atom stereocenters. The van der Waals surface area contributed by atoms with Crippen molar-refractivity contribution in [1.29, 1.82) is 0 Å². The number of aromatic nitrogens is 1. The van der Waals surface area contributed by atoms with Gasteiger partial charge in [0.1, 0.15) is 0 Å². The van der Waals surface area contributed by atoms with E-state index in [1.165, 1.54) is 11.8 Å². The molecule has 2 aromatic rings. The van der Waals surface area contributed by atoms with Gasteiger partial charge in [-0.25, -0.2) is 0 Å². The Morgan fingerprint density at radius 2 is 1.94 bits per heavy atom. The molecule has 3 rings (SSSR count). The first-order valence-electron chi connectivity index (χ1n) is 5.13. The summed E-state index contributed by atoms with van der Waals surface area (Å²) in [6.07, 6.45) is 3.29. The molecule has 78 valence electrons. The zero-order valence-corrected chi connectivity index (χ0v) is 8.54. The lowest BCUT2D eigenvalue weighted by Crippen LogP contribution is -1.99. The van der Waals surface area contributed by atoms with Crippen molar-refractivity contribution < 1.29 is 5.21 Å². The summed E-state index contributed by atoms with van der Waals surface area (Å²) in [6.45, 7) is 0. The van der Waals surface area contributed by atoms with E-state index in [9.17, 15) is 0 Å². The average molecular weight is 210 g/mol. The molecule has 3 heteroatoms. The van der Waals surface area contributed by atoms with Gasteiger partial charge in [-0.2, -0.15) is 0 Å². The average Bonchev–Trinajstić information content (AvgIpc) is 2.66. The number of fused-ring (bicyclic) bond motifs is 3. The van der Waals surface area contributed by atoms with Crippen molar-refractivity contribution in [3.05, 3.63) is 53.9 Å². The Bertz CT molecular complexity index is 518. The van der Waals surface area contributed by atoms with Crippen LogP contribution < -0.4 is 0 Å². The van der Waals surface area contributed by atoms with Crippen molar-refractivity contribution in [3.63, 3.8) is 0 Å².